The van der Waals surface area contributed by atoms with Crippen molar-refractivity contribution in [1.29, 1.82) is 0 Å². The second kappa shape index (κ2) is 7.83. The lowest BCUT2D eigenvalue weighted by Gasteiger charge is -2.38. The maximum Gasteiger partial charge on any atom is 0.411 e. The van der Waals surface area contributed by atoms with Gasteiger partial charge >= 0.3 is 6.18 Å². The molecule has 1 rings (SSSR count). The molecule has 7 heteroatoms. The number of likely N-dealkylation sites (tertiary alicyclic amines) is 1. The summed E-state index contributed by atoms with van der Waals surface area (Å²) >= 11 is 0. The average molecular weight is 296 g/mol. The van der Waals surface area contributed by atoms with Gasteiger partial charge in [-0.1, -0.05) is 13.3 Å². The predicted molar refractivity (Wildman–Crippen MR) is 69.3 cm³/mol. The Kier molecular flexibility index (Phi) is 6.75. The van der Waals surface area contributed by atoms with Crippen LogP contribution in [0.5, 0.6) is 0 Å². The van der Waals surface area contributed by atoms with Gasteiger partial charge in [0.25, 0.3) is 0 Å². The smallest absolute Gasteiger partial charge is 0.372 e. The minimum absolute atomic E-state index is 0.0106. The molecule has 1 fully saturated rings. The molecule has 20 heavy (non-hydrogen) atoms. The number of nitrogens with zero attached hydrogens (tertiary/aromatic N) is 1. The van der Waals surface area contributed by atoms with Gasteiger partial charge in [0.15, 0.2) is 0 Å². The highest BCUT2D eigenvalue weighted by Gasteiger charge is 2.30. The van der Waals surface area contributed by atoms with E-state index in [2.05, 4.69) is 17.0 Å². The molecule has 0 radical (unpaired) electrons. The number of hydrogen-bond donors (Lipinski definition) is 1. The number of hydrogen-bond acceptors (Lipinski definition) is 3. The topological polar surface area (TPSA) is 41.6 Å². The molecule has 4 nitrogen and oxygen atoms in total. The van der Waals surface area contributed by atoms with Crippen LogP contribution in [0.4, 0.5) is 13.2 Å². The zero-order chi connectivity index (χ0) is 15.2. The molecule has 1 aliphatic rings. The van der Waals surface area contributed by atoms with Crippen molar-refractivity contribution in [2.45, 2.75) is 38.4 Å². The van der Waals surface area contributed by atoms with Crippen LogP contribution in [0.2, 0.25) is 0 Å². The minimum atomic E-state index is -4.33. The highest BCUT2D eigenvalue weighted by molar-refractivity contribution is 5.76. The van der Waals surface area contributed by atoms with Crippen molar-refractivity contribution >= 4 is 5.91 Å². The summed E-state index contributed by atoms with van der Waals surface area (Å²) in [7, 11) is 1.91. The lowest BCUT2D eigenvalue weighted by molar-refractivity contribution is -0.175. The summed E-state index contributed by atoms with van der Waals surface area (Å²) in [5.74, 6) is 0.272. The van der Waals surface area contributed by atoms with Crippen molar-refractivity contribution in [3.63, 3.8) is 0 Å². The summed E-state index contributed by atoms with van der Waals surface area (Å²) in [5, 5.41) is 3.25. The molecule has 1 amide bonds. The van der Waals surface area contributed by atoms with E-state index < -0.39 is 12.8 Å². The van der Waals surface area contributed by atoms with Crippen LogP contribution < -0.4 is 5.32 Å². The van der Waals surface area contributed by atoms with Gasteiger partial charge in [0, 0.05) is 19.1 Å². The number of ether oxygens (including phenoxy) is 1. The molecule has 0 aromatic carbocycles. The van der Waals surface area contributed by atoms with Gasteiger partial charge in [0.05, 0.1) is 13.0 Å². The Balaban J connectivity index is 2.30. The third-order valence-electron chi connectivity index (χ3n) is 3.71. The number of rotatable bonds is 6. The molecular formula is C13H23F3N2O2. The summed E-state index contributed by atoms with van der Waals surface area (Å²) in [6.45, 7) is 1.93. The van der Waals surface area contributed by atoms with Gasteiger partial charge in [-0.25, -0.2) is 0 Å². The second-order valence-corrected chi connectivity index (χ2v) is 5.11. The van der Waals surface area contributed by atoms with E-state index in [1.54, 1.807) is 4.90 Å². The van der Waals surface area contributed by atoms with E-state index in [4.69, 9.17) is 0 Å². The first-order valence-electron chi connectivity index (χ1n) is 6.97. The summed E-state index contributed by atoms with van der Waals surface area (Å²) < 4.78 is 40.1. The molecule has 0 aliphatic carbocycles. The third-order valence-corrected chi connectivity index (χ3v) is 3.71. The zero-order valence-corrected chi connectivity index (χ0v) is 12.0. The van der Waals surface area contributed by atoms with E-state index in [0.29, 0.717) is 25.0 Å². The molecule has 1 heterocycles. The molecule has 1 aliphatic heterocycles. The van der Waals surface area contributed by atoms with Gasteiger partial charge in [-0.3, -0.25) is 4.79 Å². The maximum atomic E-state index is 11.9. The number of carbonyl (C=O) groups excluding carboxylic acids is 1. The van der Waals surface area contributed by atoms with Crippen molar-refractivity contribution in [3.8, 4) is 0 Å². The summed E-state index contributed by atoms with van der Waals surface area (Å²) in [4.78, 5) is 13.7. The Bertz CT molecular complexity index is 310. The van der Waals surface area contributed by atoms with Crippen molar-refractivity contribution in [2.24, 2.45) is 5.92 Å². The summed E-state index contributed by atoms with van der Waals surface area (Å²) in [6, 6.07) is 0.408. The van der Waals surface area contributed by atoms with E-state index >= 15 is 0 Å². The lowest BCUT2D eigenvalue weighted by atomic mass is 9.90. The molecule has 1 saturated heterocycles. The second-order valence-electron chi connectivity index (χ2n) is 5.11. The van der Waals surface area contributed by atoms with Gasteiger partial charge in [0.1, 0.15) is 6.61 Å². The Hall–Kier alpha value is -0.820. The lowest BCUT2D eigenvalue weighted by Crippen LogP contribution is -2.50. The van der Waals surface area contributed by atoms with Crippen LogP contribution in [-0.2, 0) is 9.53 Å². The monoisotopic (exact) mass is 296 g/mol. The van der Waals surface area contributed by atoms with E-state index in [1.807, 2.05) is 7.05 Å². The SMILES string of the molecule is CCC1CN(C(=O)CCOCC(F)(F)F)CCC1NC. The Morgan fingerprint density at radius 2 is 2.15 bits per heavy atom. The number of halogens is 3. The number of amides is 1. The first-order chi connectivity index (χ1) is 9.37. The summed E-state index contributed by atoms with van der Waals surface area (Å²) in [5.41, 5.74) is 0. The third kappa shape index (κ3) is 5.66. The first kappa shape index (κ1) is 17.2. The molecule has 0 bridgehead atoms. The average Bonchev–Trinajstić information content (AvgIpc) is 2.41. The molecule has 0 aromatic heterocycles. The van der Waals surface area contributed by atoms with E-state index in [0.717, 1.165) is 12.8 Å². The molecule has 2 unspecified atom stereocenters. The Morgan fingerprint density at radius 3 is 2.70 bits per heavy atom. The van der Waals surface area contributed by atoms with Crippen LogP contribution in [0.15, 0.2) is 0 Å². The van der Waals surface area contributed by atoms with Crippen molar-refractivity contribution < 1.29 is 22.7 Å². The van der Waals surface area contributed by atoms with Crippen molar-refractivity contribution in [1.82, 2.24) is 10.2 Å². The summed E-state index contributed by atoms with van der Waals surface area (Å²) in [6.07, 6.45) is -2.47. The maximum absolute atomic E-state index is 11.9. The van der Waals surface area contributed by atoms with Crippen LogP contribution in [0.25, 0.3) is 0 Å². The van der Waals surface area contributed by atoms with Crippen molar-refractivity contribution in [3.05, 3.63) is 0 Å². The largest absolute Gasteiger partial charge is 0.411 e. The van der Waals surface area contributed by atoms with Crippen LogP contribution in [0.1, 0.15) is 26.2 Å². The van der Waals surface area contributed by atoms with Gasteiger partial charge in [-0.05, 0) is 19.4 Å². The minimum Gasteiger partial charge on any atom is -0.372 e. The van der Waals surface area contributed by atoms with E-state index in [1.165, 1.54) is 0 Å². The molecular weight excluding hydrogens is 273 g/mol. The van der Waals surface area contributed by atoms with E-state index in [9.17, 15) is 18.0 Å². The molecule has 0 spiro atoms. The number of piperidine rings is 1. The molecule has 0 saturated carbocycles. The highest BCUT2D eigenvalue weighted by Crippen LogP contribution is 2.20. The van der Waals surface area contributed by atoms with E-state index in [-0.39, 0.29) is 18.9 Å². The molecule has 118 valence electrons. The van der Waals surface area contributed by atoms with Gasteiger partial charge in [-0.15, -0.1) is 0 Å². The fraction of sp³-hybridized carbons (Fsp3) is 0.923. The normalized spacial score (nSPS) is 23.9. The van der Waals surface area contributed by atoms with Crippen LogP contribution in [-0.4, -0.2) is 56.4 Å². The van der Waals surface area contributed by atoms with Gasteiger partial charge in [0.2, 0.25) is 5.91 Å². The first-order valence-corrected chi connectivity index (χ1v) is 6.97. The van der Waals surface area contributed by atoms with Crippen molar-refractivity contribution in [2.75, 3.05) is 33.4 Å². The quantitative estimate of drug-likeness (QED) is 0.760. The Morgan fingerprint density at radius 1 is 1.45 bits per heavy atom. The van der Waals surface area contributed by atoms with Gasteiger partial charge < -0.3 is 15.0 Å². The number of nitrogens with one attached hydrogen (secondary N) is 1. The number of alkyl halides is 3. The molecule has 1 N–H and O–H groups in total. The predicted octanol–water partition coefficient (Wildman–Crippen LogP) is 1.80. The standard InChI is InChI=1S/C13H23F3N2O2/c1-3-10-8-18(6-4-11(10)17-2)12(19)5-7-20-9-13(14,15)16/h10-11,17H,3-9H2,1-2H3. The zero-order valence-electron chi connectivity index (χ0n) is 12.0. The number of carbonyl (C=O) groups is 1. The van der Waals surface area contributed by atoms with Gasteiger partial charge in [-0.2, -0.15) is 13.2 Å². The Labute approximate surface area is 117 Å². The van der Waals surface area contributed by atoms with Crippen LogP contribution >= 0.6 is 0 Å². The van der Waals surface area contributed by atoms with Crippen LogP contribution in [0.3, 0.4) is 0 Å². The molecule has 2 atom stereocenters. The van der Waals surface area contributed by atoms with Crippen LogP contribution in [0, 0.1) is 5.92 Å². The highest BCUT2D eigenvalue weighted by atomic mass is 19.4. The molecule has 0 aromatic rings. The fourth-order valence-electron chi connectivity index (χ4n) is 2.56. The fourth-order valence-corrected chi connectivity index (χ4v) is 2.56.